The van der Waals surface area contributed by atoms with E-state index in [2.05, 4.69) is 15.0 Å². The molecule has 0 aliphatic carbocycles. The Bertz CT molecular complexity index is 972. The van der Waals surface area contributed by atoms with E-state index in [1.165, 1.54) is 19.1 Å². The molecule has 0 aromatic heterocycles. The fourth-order valence-corrected chi connectivity index (χ4v) is 3.61. The summed E-state index contributed by atoms with van der Waals surface area (Å²) in [5, 5.41) is 2.68. The van der Waals surface area contributed by atoms with Gasteiger partial charge in [-0.1, -0.05) is 0 Å². The number of carbonyl (C=O) groups is 2. The first-order valence-electron chi connectivity index (χ1n) is 10.4. The van der Waals surface area contributed by atoms with Gasteiger partial charge in [-0.25, -0.2) is 0 Å². The number of alkyl halides is 3. The van der Waals surface area contributed by atoms with Crippen LogP contribution in [0.2, 0.25) is 0 Å². The highest BCUT2D eigenvalue weighted by Crippen LogP contribution is 2.24. The van der Waals surface area contributed by atoms with Gasteiger partial charge in [-0.15, -0.1) is 13.2 Å². The number of amides is 1. The smallest absolute Gasteiger partial charge is 0.496 e. The Morgan fingerprint density at radius 2 is 1.64 bits per heavy atom. The molecule has 2 aromatic carbocycles. The summed E-state index contributed by atoms with van der Waals surface area (Å²) in [7, 11) is 1.60. The molecule has 1 aliphatic heterocycles. The maximum atomic E-state index is 12.3. The third-order valence-electron chi connectivity index (χ3n) is 5.28. The van der Waals surface area contributed by atoms with Crippen molar-refractivity contribution in [2.75, 3.05) is 45.2 Å². The number of ether oxygens (including phenoxy) is 2. The fourth-order valence-electron chi connectivity index (χ4n) is 3.61. The second-order valence-corrected chi connectivity index (χ2v) is 7.76. The maximum absolute atomic E-state index is 12.3. The minimum atomic E-state index is -4.76. The van der Waals surface area contributed by atoms with Gasteiger partial charge in [0.1, 0.15) is 11.5 Å². The number of benzene rings is 2. The average molecular weight is 465 g/mol. The van der Waals surface area contributed by atoms with Crippen molar-refractivity contribution in [3.8, 4) is 11.5 Å². The molecule has 2 aromatic rings. The molecular weight excluding hydrogens is 439 g/mol. The molecule has 3 rings (SSSR count). The lowest BCUT2D eigenvalue weighted by Gasteiger charge is -2.34. The van der Waals surface area contributed by atoms with Crippen LogP contribution in [0.25, 0.3) is 0 Å². The molecule has 7 nitrogen and oxygen atoms in total. The zero-order valence-corrected chi connectivity index (χ0v) is 18.4. The first-order valence-corrected chi connectivity index (χ1v) is 10.4. The second kappa shape index (κ2) is 10.7. The molecule has 178 valence electrons. The van der Waals surface area contributed by atoms with Gasteiger partial charge in [-0.3, -0.25) is 19.4 Å². The van der Waals surface area contributed by atoms with E-state index >= 15 is 0 Å². The predicted molar refractivity (Wildman–Crippen MR) is 116 cm³/mol. The lowest BCUT2D eigenvalue weighted by Crippen LogP contribution is -2.48. The number of halogens is 3. The molecule has 1 aliphatic rings. The van der Waals surface area contributed by atoms with Gasteiger partial charge in [0.05, 0.1) is 13.7 Å². The van der Waals surface area contributed by atoms with Crippen LogP contribution < -0.4 is 14.8 Å². The number of Topliss-reactive ketones (excluding diaryl/α,β-unsaturated/α-hetero) is 1. The van der Waals surface area contributed by atoms with E-state index in [1.807, 2.05) is 11.0 Å². The minimum Gasteiger partial charge on any atom is -0.496 e. The lowest BCUT2D eigenvalue weighted by molar-refractivity contribution is -0.274. The Labute approximate surface area is 190 Å². The van der Waals surface area contributed by atoms with Gasteiger partial charge in [0.2, 0.25) is 5.91 Å². The summed E-state index contributed by atoms with van der Waals surface area (Å²) >= 11 is 0. The highest BCUT2D eigenvalue weighted by atomic mass is 19.4. The molecule has 1 heterocycles. The Hall–Kier alpha value is -3.11. The normalized spacial score (nSPS) is 15.2. The highest BCUT2D eigenvalue weighted by Gasteiger charge is 2.31. The molecule has 0 spiro atoms. The van der Waals surface area contributed by atoms with Gasteiger partial charge >= 0.3 is 6.36 Å². The first-order chi connectivity index (χ1) is 15.6. The Kier molecular flexibility index (Phi) is 7.93. The number of nitrogens with one attached hydrogen (secondary N) is 1. The van der Waals surface area contributed by atoms with Crippen LogP contribution in [-0.4, -0.2) is 67.7 Å². The number of methoxy groups -OCH3 is 1. The number of rotatable bonds is 8. The van der Waals surface area contributed by atoms with Crippen molar-refractivity contribution in [3.63, 3.8) is 0 Å². The number of hydrogen-bond donors (Lipinski definition) is 1. The van der Waals surface area contributed by atoms with Gasteiger partial charge in [0.15, 0.2) is 5.78 Å². The number of ketones is 1. The van der Waals surface area contributed by atoms with Crippen LogP contribution >= 0.6 is 0 Å². The fraction of sp³-hybridized carbons (Fsp3) is 0.391. The van der Waals surface area contributed by atoms with Crippen molar-refractivity contribution in [3.05, 3.63) is 53.6 Å². The zero-order valence-electron chi connectivity index (χ0n) is 18.4. The van der Waals surface area contributed by atoms with Gasteiger partial charge in [0, 0.05) is 49.5 Å². The third kappa shape index (κ3) is 7.47. The van der Waals surface area contributed by atoms with Crippen LogP contribution in [0.3, 0.4) is 0 Å². The van der Waals surface area contributed by atoms with Crippen molar-refractivity contribution in [1.82, 2.24) is 9.80 Å². The molecule has 1 N–H and O–H groups in total. The van der Waals surface area contributed by atoms with E-state index < -0.39 is 6.36 Å². The van der Waals surface area contributed by atoms with Crippen LogP contribution in [0.15, 0.2) is 42.5 Å². The number of carbonyl (C=O) groups excluding carboxylic acids is 2. The Morgan fingerprint density at radius 1 is 1.00 bits per heavy atom. The molecule has 0 unspecified atom stereocenters. The number of nitrogens with zero attached hydrogens (tertiary/aromatic N) is 2. The van der Waals surface area contributed by atoms with Gasteiger partial charge in [-0.05, 0) is 49.4 Å². The molecule has 33 heavy (non-hydrogen) atoms. The monoisotopic (exact) mass is 465 g/mol. The zero-order chi connectivity index (χ0) is 24.0. The number of anilines is 1. The Morgan fingerprint density at radius 3 is 2.21 bits per heavy atom. The van der Waals surface area contributed by atoms with Gasteiger partial charge < -0.3 is 14.8 Å². The van der Waals surface area contributed by atoms with E-state index in [4.69, 9.17) is 4.74 Å². The van der Waals surface area contributed by atoms with Gasteiger partial charge in [-0.2, -0.15) is 0 Å². The van der Waals surface area contributed by atoms with Crippen molar-refractivity contribution < 1.29 is 32.2 Å². The molecule has 0 bridgehead atoms. The van der Waals surface area contributed by atoms with Crippen molar-refractivity contribution in [2.45, 2.75) is 19.8 Å². The Balaban J connectivity index is 1.47. The molecule has 10 heteroatoms. The maximum Gasteiger partial charge on any atom is 0.573 e. The third-order valence-corrected chi connectivity index (χ3v) is 5.28. The minimum absolute atomic E-state index is 0.00254. The quantitative estimate of drug-likeness (QED) is 0.602. The molecule has 1 saturated heterocycles. The van der Waals surface area contributed by atoms with Crippen LogP contribution in [0.4, 0.5) is 18.9 Å². The lowest BCUT2D eigenvalue weighted by atomic mass is 10.1. The first kappa shape index (κ1) is 24.5. The topological polar surface area (TPSA) is 71.1 Å². The summed E-state index contributed by atoms with van der Waals surface area (Å²) in [6.07, 6.45) is -4.76. The van der Waals surface area contributed by atoms with Gasteiger partial charge in [0.25, 0.3) is 0 Å². The van der Waals surface area contributed by atoms with Crippen LogP contribution in [0.1, 0.15) is 22.8 Å². The predicted octanol–water partition coefficient (Wildman–Crippen LogP) is 3.55. The van der Waals surface area contributed by atoms with Crippen LogP contribution in [0.5, 0.6) is 11.5 Å². The number of hydrogen-bond acceptors (Lipinski definition) is 6. The summed E-state index contributed by atoms with van der Waals surface area (Å²) in [5.74, 6) is 0.136. The van der Waals surface area contributed by atoms with E-state index in [0.717, 1.165) is 36.5 Å². The number of piperazine rings is 1. The highest BCUT2D eigenvalue weighted by molar-refractivity contribution is 5.94. The van der Waals surface area contributed by atoms with E-state index in [1.54, 1.807) is 19.2 Å². The molecule has 1 amide bonds. The molecule has 0 atom stereocenters. The molecule has 1 fully saturated rings. The van der Waals surface area contributed by atoms with Crippen LogP contribution in [-0.2, 0) is 11.3 Å². The summed E-state index contributed by atoms with van der Waals surface area (Å²) < 4.78 is 45.9. The van der Waals surface area contributed by atoms with E-state index in [-0.39, 0.29) is 24.0 Å². The molecule has 0 radical (unpaired) electrons. The molecular formula is C23H26F3N3O4. The van der Waals surface area contributed by atoms with E-state index in [9.17, 15) is 22.8 Å². The van der Waals surface area contributed by atoms with Crippen molar-refractivity contribution >= 4 is 17.4 Å². The second-order valence-electron chi connectivity index (χ2n) is 7.76. The van der Waals surface area contributed by atoms with Crippen LogP contribution in [0, 0.1) is 0 Å². The summed E-state index contributed by atoms with van der Waals surface area (Å²) in [6.45, 7) is 5.18. The summed E-state index contributed by atoms with van der Waals surface area (Å²) in [5.41, 5.74) is 1.97. The SMILES string of the molecule is COc1ccc(C(C)=O)cc1CN1CCN(CC(=O)Nc2ccc(OC(F)(F)F)cc2)CC1. The summed E-state index contributed by atoms with van der Waals surface area (Å²) in [4.78, 5) is 28.3. The van der Waals surface area contributed by atoms with Crippen molar-refractivity contribution in [1.29, 1.82) is 0 Å². The summed E-state index contributed by atoms with van der Waals surface area (Å²) in [6, 6.07) is 10.4. The molecule has 0 saturated carbocycles. The van der Waals surface area contributed by atoms with E-state index in [0.29, 0.717) is 30.9 Å². The average Bonchev–Trinajstić information content (AvgIpc) is 2.75. The largest absolute Gasteiger partial charge is 0.573 e. The van der Waals surface area contributed by atoms with Crippen molar-refractivity contribution in [2.24, 2.45) is 0 Å². The standard InChI is InChI=1S/C23H26F3N3O4/c1-16(30)17-3-8-21(32-2)18(13-17)14-28-9-11-29(12-10-28)15-22(31)27-19-4-6-20(7-5-19)33-23(24,25)26/h3-8,13H,9-12,14-15H2,1-2H3,(H,27,31).